The van der Waals surface area contributed by atoms with E-state index in [0.29, 0.717) is 17.9 Å². The van der Waals surface area contributed by atoms with E-state index in [2.05, 4.69) is 32.7 Å². The number of carbonyl (C=O) groups is 1. The minimum atomic E-state index is -0.189. The summed E-state index contributed by atoms with van der Waals surface area (Å²) in [6, 6.07) is 15.6. The number of nitrogens with one attached hydrogen (secondary N) is 2. The van der Waals surface area contributed by atoms with Crippen LogP contribution in [0.3, 0.4) is 0 Å². The average Bonchev–Trinajstić information content (AvgIpc) is 3.29. The summed E-state index contributed by atoms with van der Waals surface area (Å²) in [4.78, 5) is 21.3. The summed E-state index contributed by atoms with van der Waals surface area (Å²) in [5.74, 6) is 0.365. The van der Waals surface area contributed by atoms with Crippen LogP contribution in [0.4, 0.5) is 11.5 Å². The van der Waals surface area contributed by atoms with Crippen LogP contribution in [-0.2, 0) is 16.7 Å². The first-order valence-corrected chi connectivity index (χ1v) is 10.7. The number of hydrogen-bond acceptors (Lipinski definition) is 5. The van der Waals surface area contributed by atoms with Crippen molar-refractivity contribution in [3.05, 3.63) is 83.8 Å². The van der Waals surface area contributed by atoms with Crippen LogP contribution in [0.2, 0.25) is 0 Å². The van der Waals surface area contributed by atoms with Gasteiger partial charge >= 0.3 is 0 Å². The first-order valence-electron chi connectivity index (χ1n) is 10.7. The fourth-order valence-electron chi connectivity index (χ4n) is 4.37. The molecule has 2 aromatic heterocycles. The lowest BCUT2D eigenvalue weighted by atomic mass is 9.79. The Hall–Kier alpha value is -3.25. The maximum atomic E-state index is 12.9. The lowest BCUT2D eigenvalue weighted by Gasteiger charge is -2.29. The molecular formula is C25H28N4O2. The molecule has 31 heavy (non-hydrogen) atoms. The molecule has 1 aliphatic rings. The number of rotatable bonds is 8. The highest BCUT2D eigenvalue weighted by Gasteiger charge is 2.35. The van der Waals surface area contributed by atoms with Crippen LogP contribution >= 0.6 is 0 Å². The number of aromatic nitrogens is 2. The molecule has 0 atom stereocenters. The molecule has 4 rings (SSSR count). The molecule has 1 saturated carbocycles. The number of nitrogens with zero attached hydrogens (tertiary/aromatic N) is 2. The molecule has 1 fully saturated rings. The fraction of sp³-hybridized carbons (Fsp3) is 0.320. The van der Waals surface area contributed by atoms with Crippen LogP contribution in [0.5, 0.6) is 0 Å². The molecule has 0 radical (unpaired) electrons. The highest BCUT2D eigenvalue weighted by molar-refractivity contribution is 6.07. The number of hydrogen-bond donors (Lipinski definition) is 2. The van der Waals surface area contributed by atoms with Gasteiger partial charge in [-0.25, -0.2) is 4.98 Å². The standard InChI is InChI=1S/C25H28N4O2/c1-31-18-25(12-2-3-13-25)20-6-8-21(9-7-20)29-24(30)22-5-4-14-27-23(22)28-17-19-10-15-26-16-11-19/h4-11,14-16H,2-3,12-13,17-18H2,1H3,(H,27,28)(H,29,30). The number of anilines is 2. The Kier molecular flexibility index (Phi) is 6.57. The Morgan fingerprint density at radius 3 is 2.48 bits per heavy atom. The number of pyridine rings is 2. The van der Waals surface area contributed by atoms with Crippen LogP contribution in [-0.4, -0.2) is 29.6 Å². The van der Waals surface area contributed by atoms with Crippen molar-refractivity contribution in [3.63, 3.8) is 0 Å². The SMILES string of the molecule is COCC1(c2ccc(NC(=O)c3cccnc3NCc3ccncc3)cc2)CCCC1. The lowest BCUT2D eigenvalue weighted by Crippen LogP contribution is -2.28. The highest BCUT2D eigenvalue weighted by Crippen LogP contribution is 2.41. The van der Waals surface area contributed by atoms with Crippen LogP contribution < -0.4 is 10.6 Å². The zero-order valence-electron chi connectivity index (χ0n) is 17.8. The molecule has 1 aromatic carbocycles. The Morgan fingerprint density at radius 1 is 1.03 bits per heavy atom. The maximum Gasteiger partial charge on any atom is 0.259 e. The summed E-state index contributed by atoms with van der Waals surface area (Å²) in [5, 5.41) is 6.25. The van der Waals surface area contributed by atoms with E-state index in [0.717, 1.165) is 30.7 Å². The molecule has 6 nitrogen and oxygen atoms in total. The maximum absolute atomic E-state index is 12.9. The van der Waals surface area contributed by atoms with Crippen molar-refractivity contribution in [3.8, 4) is 0 Å². The molecular weight excluding hydrogens is 388 g/mol. The molecule has 2 heterocycles. The number of amides is 1. The molecule has 6 heteroatoms. The number of methoxy groups -OCH3 is 1. The summed E-state index contributed by atoms with van der Waals surface area (Å²) in [5.41, 5.74) is 3.73. The van der Waals surface area contributed by atoms with Gasteiger partial charge in [0, 0.05) is 43.3 Å². The molecule has 3 aromatic rings. The van der Waals surface area contributed by atoms with Gasteiger partial charge in [-0.3, -0.25) is 9.78 Å². The third-order valence-corrected chi connectivity index (χ3v) is 6.00. The van der Waals surface area contributed by atoms with Crippen LogP contribution in [0.15, 0.2) is 67.1 Å². The molecule has 0 saturated heterocycles. The Morgan fingerprint density at radius 2 is 1.77 bits per heavy atom. The quantitative estimate of drug-likeness (QED) is 0.552. The van der Waals surface area contributed by atoms with E-state index in [9.17, 15) is 4.79 Å². The third-order valence-electron chi connectivity index (χ3n) is 6.00. The van der Waals surface area contributed by atoms with Crippen molar-refractivity contribution in [2.45, 2.75) is 37.6 Å². The van der Waals surface area contributed by atoms with Crippen molar-refractivity contribution in [2.24, 2.45) is 0 Å². The van der Waals surface area contributed by atoms with Gasteiger partial charge in [0.05, 0.1) is 12.2 Å². The molecule has 0 bridgehead atoms. The van der Waals surface area contributed by atoms with E-state index in [4.69, 9.17) is 4.74 Å². The monoisotopic (exact) mass is 416 g/mol. The molecule has 0 spiro atoms. The third kappa shape index (κ3) is 4.91. The van der Waals surface area contributed by atoms with Gasteiger partial charge in [0.25, 0.3) is 5.91 Å². The molecule has 2 N–H and O–H groups in total. The normalized spacial score (nSPS) is 14.9. The Bertz CT molecular complexity index is 1000. The van der Waals surface area contributed by atoms with Gasteiger partial charge in [-0.1, -0.05) is 25.0 Å². The lowest BCUT2D eigenvalue weighted by molar-refractivity contribution is 0.102. The number of carbonyl (C=O) groups excluding carboxylic acids is 1. The van der Waals surface area contributed by atoms with Crippen LogP contribution in [0.1, 0.15) is 47.2 Å². The van der Waals surface area contributed by atoms with Gasteiger partial charge in [0.15, 0.2) is 0 Å². The second-order valence-corrected chi connectivity index (χ2v) is 8.06. The zero-order valence-corrected chi connectivity index (χ0v) is 17.8. The molecule has 1 aliphatic carbocycles. The van der Waals surface area contributed by atoms with Gasteiger partial charge < -0.3 is 15.4 Å². The average molecular weight is 417 g/mol. The van der Waals surface area contributed by atoms with Crippen LogP contribution in [0.25, 0.3) is 0 Å². The van der Waals surface area contributed by atoms with Gasteiger partial charge in [0.1, 0.15) is 5.82 Å². The second-order valence-electron chi connectivity index (χ2n) is 8.06. The summed E-state index contributed by atoms with van der Waals surface area (Å²) >= 11 is 0. The van der Waals surface area contributed by atoms with Gasteiger partial charge in [-0.15, -0.1) is 0 Å². The summed E-state index contributed by atoms with van der Waals surface area (Å²) in [7, 11) is 1.77. The molecule has 1 amide bonds. The second kappa shape index (κ2) is 9.71. The number of ether oxygens (including phenoxy) is 1. The van der Waals surface area contributed by atoms with Crippen molar-refractivity contribution in [1.82, 2.24) is 9.97 Å². The van der Waals surface area contributed by atoms with Crippen molar-refractivity contribution >= 4 is 17.4 Å². The van der Waals surface area contributed by atoms with Gasteiger partial charge in [-0.05, 0) is 60.4 Å². The van der Waals surface area contributed by atoms with E-state index < -0.39 is 0 Å². The van der Waals surface area contributed by atoms with E-state index in [1.807, 2.05) is 24.3 Å². The number of benzene rings is 1. The fourth-order valence-corrected chi connectivity index (χ4v) is 4.37. The molecule has 0 aliphatic heterocycles. The largest absolute Gasteiger partial charge is 0.384 e. The van der Waals surface area contributed by atoms with E-state index in [-0.39, 0.29) is 11.3 Å². The molecule has 0 unspecified atom stereocenters. The smallest absolute Gasteiger partial charge is 0.259 e. The first kappa shape index (κ1) is 21.0. The van der Waals surface area contributed by atoms with E-state index in [1.165, 1.54) is 18.4 Å². The van der Waals surface area contributed by atoms with Crippen molar-refractivity contribution in [1.29, 1.82) is 0 Å². The summed E-state index contributed by atoms with van der Waals surface area (Å²) < 4.78 is 5.52. The summed E-state index contributed by atoms with van der Waals surface area (Å²) in [6.45, 7) is 1.30. The van der Waals surface area contributed by atoms with Gasteiger partial charge in [0.2, 0.25) is 0 Å². The van der Waals surface area contributed by atoms with E-state index >= 15 is 0 Å². The highest BCUT2D eigenvalue weighted by atomic mass is 16.5. The van der Waals surface area contributed by atoms with Crippen LogP contribution in [0, 0.1) is 0 Å². The summed E-state index contributed by atoms with van der Waals surface area (Å²) in [6.07, 6.45) is 9.93. The predicted molar refractivity (Wildman–Crippen MR) is 122 cm³/mol. The minimum absolute atomic E-state index is 0.102. The predicted octanol–water partition coefficient (Wildman–Crippen LogP) is 4.80. The van der Waals surface area contributed by atoms with Crippen molar-refractivity contribution in [2.75, 3.05) is 24.4 Å². The Balaban J connectivity index is 1.45. The zero-order chi connectivity index (χ0) is 21.5. The first-order chi connectivity index (χ1) is 15.2. The van der Waals surface area contributed by atoms with Crippen molar-refractivity contribution < 1.29 is 9.53 Å². The topological polar surface area (TPSA) is 76.1 Å². The Labute approximate surface area is 183 Å². The molecule has 160 valence electrons. The van der Waals surface area contributed by atoms with E-state index in [1.54, 1.807) is 37.8 Å². The minimum Gasteiger partial charge on any atom is -0.384 e. The van der Waals surface area contributed by atoms with Gasteiger partial charge in [-0.2, -0.15) is 0 Å².